The third kappa shape index (κ3) is 4.78. The zero-order chi connectivity index (χ0) is 20.2. The summed E-state index contributed by atoms with van der Waals surface area (Å²) in [4.78, 5) is 16.6. The normalized spacial score (nSPS) is 10.8. The number of benzene rings is 2. The molecular weight excluding hydrogens is 435 g/mol. The third-order valence-electron chi connectivity index (χ3n) is 3.73. The van der Waals surface area contributed by atoms with Crippen LogP contribution in [0.4, 0.5) is 9.52 Å². The van der Waals surface area contributed by atoms with Crippen molar-refractivity contribution in [3.05, 3.63) is 64.8 Å². The van der Waals surface area contributed by atoms with Gasteiger partial charge < -0.3 is 5.32 Å². The number of amides is 1. The van der Waals surface area contributed by atoms with Crippen molar-refractivity contribution >= 4 is 45.7 Å². The van der Waals surface area contributed by atoms with Crippen LogP contribution in [0.5, 0.6) is 0 Å². The summed E-state index contributed by atoms with van der Waals surface area (Å²) in [6, 6.07) is 13.1. The number of hydrogen-bond donors (Lipinski definition) is 1. The van der Waals surface area contributed by atoms with Gasteiger partial charge in [-0.25, -0.2) is 9.37 Å². The fourth-order valence-electron chi connectivity index (χ4n) is 2.38. The van der Waals surface area contributed by atoms with E-state index in [0.717, 1.165) is 11.3 Å². The van der Waals surface area contributed by atoms with Crippen molar-refractivity contribution in [2.45, 2.75) is 5.16 Å². The number of thiazole rings is 1. The number of anilines is 1. The number of carbonyl (C=O) groups excluding carboxylic acids is 1. The summed E-state index contributed by atoms with van der Waals surface area (Å²) >= 11 is 8.40. The zero-order valence-electron chi connectivity index (χ0n) is 14.6. The van der Waals surface area contributed by atoms with Gasteiger partial charge in [-0.05, 0) is 59.0 Å². The van der Waals surface area contributed by atoms with E-state index in [9.17, 15) is 9.18 Å². The third-order valence-corrected chi connectivity index (χ3v) is 5.66. The smallest absolute Gasteiger partial charge is 0.236 e. The summed E-state index contributed by atoms with van der Waals surface area (Å²) in [5, 5.41) is 17.7. The maximum atomic E-state index is 13.0. The summed E-state index contributed by atoms with van der Waals surface area (Å²) in [6.07, 6.45) is 0. The highest BCUT2D eigenvalue weighted by Crippen LogP contribution is 2.25. The molecule has 1 N–H and O–H groups in total. The van der Waals surface area contributed by atoms with Crippen LogP contribution in [0.3, 0.4) is 0 Å². The van der Waals surface area contributed by atoms with E-state index >= 15 is 0 Å². The Hall–Kier alpha value is -2.82. The number of thioether (sulfide) groups is 1. The molecule has 0 fully saturated rings. The molecule has 0 aliphatic heterocycles. The average molecular weight is 447 g/mol. The van der Waals surface area contributed by atoms with Crippen molar-refractivity contribution in [3.8, 4) is 16.9 Å². The molecule has 2 heterocycles. The van der Waals surface area contributed by atoms with Gasteiger partial charge in [-0.2, -0.15) is 4.68 Å². The van der Waals surface area contributed by atoms with Crippen LogP contribution in [0.2, 0.25) is 5.02 Å². The summed E-state index contributed by atoms with van der Waals surface area (Å²) in [5.41, 5.74) is 2.19. The highest BCUT2D eigenvalue weighted by atomic mass is 35.5. The minimum atomic E-state index is -0.310. The Morgan fingerprint density at radius 3 is 2.69 bits per heavy atom. The van der Waals surface area contributed by atoms with E-state index in [-0.39, 0.29) is 17.5 Å². The van der Waals surface area contributed by atoms with E-state index in [0.29, 0.717) is 21.0 Å². The number of carbonyl (C=O) groups is 1. The molecule has 2 aromatic carbocycles. The number of halogens is 2. The van der Waals surface area contributed by atoms with Crippen LogP contribution in [0.25, 0.3) is 16.9 Å². The van der Waals surface area contributed by atoms with Gasteiger partial charge in [0.1, 0.15) is 5.82 Å². The fraction of sp³-hybridized carbons (Fsp3) is 0.0556. The van der Waals surface area contributed by atoms with Crippen molar-refractivity contribution < 1.29 is 9.18 Å². The van der Waals surface area contributed by atoms with Crippen molar-refractivity contribution in [2.24, 2.45) is 0 Å². The molecule has 1 amide bonds. The monoisotopic (exact) mass is 446 g/mol. The highest BCUT2D eigenvalue weighted by molar-refractivity contribution is 7.99. The number of tetrazole rings is 1. The van der Waals surface area contributed by atoms with Crippen molar-refractivity contribution in [3.63, 3.8) is 0 Å². The summed E-state index contributed by atoms with van der Waals surface area (Å²) < 4.78 is 14.6. The zero-order valence-corrected chi connectivity index (χ0v) is 17.0. The van der Waals surface area contributed by atoms with Crippen LogP contribution in [0, 0.1) is 5.82 Å². The van der Waals surface area contributed by atoms with E-state index in [1.54, 1.807) is 41.8 Å². The predicted octanol–water partition coefficient (Wildman–Crippen LogP) is 4.31. The molecule has 0 spiro atoms. The van der Waals surface area contributed by atoms with Crippen LogP contribution in [-0.4, -0.2) is 36.9 Å². The Balaban J connectivity index is 1.37. The summed E-state index contributed by atoms with van der Waals surface area (Å²) in [5.74, 6) is -0.435. The Morgan fingerprint density at radius 1 is 1.17 bits per heavy atom. The van der Waals surface area contributed by atoms with Gasteiger partial charge in [0.25, 0.3) is 0 Å². The van der Waals surface area contributed by atoms with Gasteiger partial charge in [-0.3, -0.25) is 4.79 Å². The highest BCUT2D eigenvalue weighted by Gasteiger charge is 2.13. The van der Waals surface area contributed by atoms with Gasteiger partial charge in [0, 0.05) is 16.0 Å². The van der Waals surface area contributed by atoms with Crippen LogP contribution in [0.15, 0.2) is 59.1 Å². The molecule has 11 heteroatoms. The Morgan fingerprint density at radius 2 is 1.93 bits per heavy atom. The molecule has 2 aromatic heterocycles. The SMILES string of the molecule is O=C(CSc1nnnn1-c1ccc(Cl)cc1)Nc1nc(-c2ccc(F)cc2)cs1. The molecule has 0 aliphatic carbocycles. The first-order valence-electron chi connectivity index (χ1n) is 8.27. The van der Waals surface area contributed by atoms with E-state index in [4.69, 9.17) is 11.6 Å². The Bertz CT molecular complexity index is 1130. The van der Waals surface area contributed by atoms with Gasteiger partial charge in [-0.1, -0.05) is 23.4 Å². The standard InChI is InChI=1S/C18H12ClFN6OS2/c19-12-3-7-14(8-4-12)26-18(23-24-25-26)29-10-16(27)22-17-21-15(9-28-17)11-1-5-13(20)6-2-11/h1-9H,10H2,(H,21,22,27). The van der Waals surface area contributed by atoms with Gasteiger partial charge in [0.15, 0.2) is 5.13 Å². The van der Waals surface area contributed by atoms with Gasteiger partial charge >= 0.3 is 0 Å². The van der Waals surface area contributed by atoms with Crippen molar-refractivity contribution in [2.75, 3.05) is 11.1 Å². The molecule has 0 radical (unpaired) electrons. The first kappa shape index (κ1) is 19.5. The topological polar surface area (TPSA) is 85.6 Å². The largest absolute Gasteiger partial charge is 0.301 e. The van der Waals surface area contributed by atoms with E-state index in [1.165, 1.54) is 39.9 Å². The first-order chi connectivity index (χ1) is 14.1. The van der Waals surface area contributed by atoms with Crippen LogP contribution < -0.4 is 5.32 Å². The van der Waals surface area contributed by atoms with Crippen LogP contribution in [-0.2, 0) is 4.79 Å². The second-order valence-electron chi connectivity index (χ2n) is 5.73. The molecule has 4 rings (SSSR count). The molecule has 0 saturated heterocycles. The number of nitrogens with one attached hydrogen (secondary N) is 1. The molecular formula is C18H12ClFN6OS2. The quantitative estimate of drug-likeness (QED) is 0.444. The number of rotatable bonds is 6. The fourth-order valence-corrected chi connectivity index (χ4v) is 3.94. The average Bonchev–Trinajstić information content (AvgIpc) is 3.37. The van der Waals surface area contributed by atoms with E-state index in [1.807, 2.05) is 0 Å². The van der Waals surface area contributed by atoms with Crippen LogP contribution >= 0.6 is 34.7 Å². The summed E-state index contributed by atoms with van der Waals surface area (Å²) in [6.45, 7) is 0. The maximum Gasteiger partial charge on any atom is 0.236 e. The van der Waals surface area contributed by atoms with Gasteiger partial charge in [0.2, 0.25) is 11.1 Å². The predicted molar refractivity (Wildman–Crippen MR) is 111 cm³/mol. The Labute approximate surface area is 177 Å². The lowest BCUT2D eigenvalue weighted by atomic mass is 10.2. The molecule has 0 atom stereocenters. The lowest BCUT2D eigenvalue weighted by molar-refractivity contribution is -0.113. The Kier molecular flexibility index (Phi) is 5.84. The molecule has 146 valence electrons. The van der Waals surface area contributed by atoms with Gasteiger partial charge in [-0.15, -0.1) is 16.4 Å². The minimum absolute atomic E-state index is 0.111. The first-order valence-corrected chi connectivity index (χ1v) is 10.5. The van der Waals surface area contributed by atoms with Crippen molar-refractivity contribution in [1.29, 1.82) is 0 Å². The van der Waals surface area contributed by atoms with E-state index in [2.05, 4.69) is 25.8 Å². The number of aromatic nitrogens is 5. The van der Waals surface area contributed by atoms with E-state index < -0.39 is 0 Å². The molecule has 0 saturated carbocycles. The van der Waals surface area contributed by atoms with Crippen molar-refractivity contribution in [1.82, 2.24) is 25.2 Å². The molecule has 7 nitrogen and oxygen atoms in total. The lowest BCUT2D eigenvalue weighted by Crippen LogP contribution is -2.14. The maximum absolute atomic E-state index is 13.0. The number of hydrogen-bond acceptors (Lipinski definition) is 7. The minimum Gasteiger partial charge on any atom is -0.301 e. The molecule has 0 aliphatic rings. The molecule has 0 bridgehead atoms. The molecule has 0 unspecified atom stereocenters. The van der Waals surface area contributed by atoms with Gasteiger partial charge in [0.05, 0.1) is 17.1 Å². The molecule has 4 aromatic rings. The number of nitrogens with zero attached hydrogens (tertiary/aromatic N) is 5. The second-order valence-corrected chi connectivity index (χ2v) is 7.97. The summed E-state index contributed by atoms with van der Waals surface area (Å²) in [7, 11) is 0. The second kappa shape index (κ2) is 8.68. The van der Waals surface area contributed by atoms with Crippen LogP contribution in [0.1, 0.15) is 0 Å². The molecule has 29 heavy (non-hydrogen) atoms. The lowest BCUT2D eigenvalue weighted by Gasteiger charge is -2.04.